The minimum Gasteiger partial charge on any atom is -0.481 e. The summed E-state index contributed by atoms with van der Waals surface area (Å²) in [6, 6.07) is 13.2. The van der Waals surface area contributed by atoms with Crippen LogP contribution >= 0.6 is 11.8 Å². The van der Waals surface area contributed by atoms with Crippen LogP contribution in [0.1, 0.15) is 30.4 Å². The molecule has 0 fully saturated rings. The van der Waals surface area contributed by atoms with Crippen LogP contribution in [0.5, 0.6) is 0 Å². The predicted octanol–water partition coefficient (Wildman–Crippen LogP) is 0.956. The summed E-state index contributed by atoms with van der Waals surface area (Å²) in [6.45, 7) is 0. The molecule has 0 saturated carbocycles. The first-order valence-electron chi connectivity index (χ1n) is 12.8. The summed E-state index contributed by atoms with van der Waals surface area (Å²) < 4.78 is 0. The lowest BCUT2D eigenvalue weighted by Crippen LogP contribution is -2.57. The quantitative estimate of drug-likeness (QED) is 0.160. The number of benzene rings is 2. The van der Waals surface area contributed by atoms with Crippen LogP contribution < -0.4 is 21.7 Å². The lowest BCUT2D eigenvalue weighted by atomic mass is 10.0. The van der Waals surface area contributed by atoms with Gasteiger partial charge in [-0.05, 0) is 42.4 Å². The van der Waals surface area contributed by atoms with Crippen molar-refractivity contribution in [2.24, 2.45) is 5.73 Å². The number of nitrogens with two attached hydrogens (primary N) is 1. The lowest BCUT2D eigenvalue weighted by molar-refractivity contribution is -0.142. The van der Waals surface area contributed by atoms with Crippen LogP contribution in [-0.2, 0) is 36.8 Å². The summed E-state index contributed by atoms with van der Waals surface area (Å²) in [5, 5.41) is 26.4. The SMILES string of the molecule is CSCCC(NC(=O)C(CCC(=O)O)NC(=O)C(N)Cc1ccccc1)C(=O)NC(Cc1ccccc1)C(=O)O. The second kappa shape index (κ2) is 16.9. The predicted molar refractivity (Wildman–Crippen MR) is 152 cm³/mol. The van der Waals surface area contributed by atoms with E-state index in [2.05, 4.69) is 16.0 Å². The highest BCUT2D eigenvalue weighted by Crippen LogP contribution is 2.08. The monoisotopic (exact) mass is 572 g/mol. The summed E-state index contributed by atoms with van der Waals surface area (Å²) in [4.78, 5) is 62.1. The van der Waals surface area contributed by atoms with Crippen LogP contribution in [0.15, 0.2) is 60.7 Å². The maximum absolute atomic E-state index is 13.2. The molecule has 0 aliphatic heterocycles. The fourth-order valence-corrected chi connectivity index (χ4v) is 4.35. The number of nitrogens with one attached hydrogen (secondary N) is 3. The molecule has 7 N–H and O–H groups in total. The zero-order valence-electron chi connectivity index (χ0n) is 22.2. The smallest absolute Gasteiger partial charge is 0.326 e. The van der Waals surface area contributed by atoms with Crippen LogP contribution in [0, 0.1) is 0 Å². The van der Waals surface area contributed by atoms with Crippen molar-refractivity contribution in [2.75, 3.05) is 12.0 Å². The molecule has 2 aromatic carbocycles. The number of carboxylic acid groups (broad SMARTS) is 2. The molecule has 4 unspecified atom stereocenters. The average molecular weight is 573 g/mol. The van der Waals surface area contributed by atoms with Crippen molar-refractivity contribution >= 4 is 41.4 Å². The summed E-state index contributed by atoms with van der Waals surface area (Å²) in [5.74, 6) is -4.03. The number of carbonyl (C=O) groups is 5. The Bertz CT molecular complexity index is 1130. The normalized spacial score (nSPS) is 13.8. The Morgan fingerprint density at radius 2 is 1.20 bits per heavy atom. The molecular formula is C28H36N4O7S. The van der Waals surface area contributed by atoms with E-state index in [1.807, 2.05) is 12.3 Å². The minimum absolute atomic E-state index is 0.0434. The van der Waals surface area contributed by atoms with E-state index in [-0.39, 0.29) is 25.7 Å². The highest BCUT2D eigenvalue weighted by atomic mass is 32.2. The van der Waals surface area contributed by atoms with Gasteiger partial charge in [0.25, 0.3) is 0 Å². The molecule has 216 valence electrons. The third kappa shape index (κ3) is 11.5. The second-order valence-corrected chi connectivity index (χ2v) is 10.2. The highest BCUT2D eigenvalue weighted by Gasteiger charge is 2.30. The molecule has 0 bridgehead atoms. The van der Waals surface area contributed by atoms with Gasteiger partial charge >= 0.3 is 11.9 Å². The summed E-state index contributed by atoms with van der Waals surface area (Å²) >= 11 is 1.43. The molecular weight excluding hydrogens is 536 g/mol. The van der Waals surface area contributed by atoms with Crippen LogP contribution in [0.4, 0.5) is 0 Å². The Kier molecular flexibility index (Phi) is 13.7. The van der Waals surface area contributed by atoms with Crippen LogP contribution in [0.2, 0.25) is 0 Å². The zero-order valence-corrected chi connectivity index (χ0v) is 23.1. The van der Waals surface area contributed by atoms with Crippen molar-refractivity contribution in [1.29, 1.82) is 0 Å². The summed E-state index contributed by atoms with van der Waals surface area (Å²) in [7, 11) is 0. The lowest BCUT2D eigenvalue weighted by Gasteiger charge is -2.25. The maximum Gasteiger partial charge on any atom is 0.326 e. The summed E-state index contributed by atoms with van der Waals surface area (Å²) in [6.07, 6.45) is 1.61. The van der Waals surface area contributed by atoms with Gasteiger partial charge in [-0.15, -0.1) is 0 Å². The van der Waals surface area contributed by atoms with Gasteiger partial charge in [0.15, 0.2) is 0 Å². The van der Waals surface area contributed by atoms with E-state index < -0.39 is 60.2 Å². The van der Waals surface area contributed by atoms with E-state index in [9.17, 15) is 29.1 Å². The third-order valence-electron chi connectivity index (χ3n) is 6.06. The number of carbonyl (C=O) groups excluding carboxylic acids is 3. The van der Waals surface area contributed by atoms with Gasteiger partial charge in [-0.2, -0.15) is 11.8 Å². The molecule has 2 rings (SSSR count). The molecule has 0 heterocycles. The van der Waals surface area contributed by atoms with Crippen LogP contribution in [0.25, 0.3) is 0 Å². The van der Waals surface area contributed by atoms with Gasteiger partial charge in [-0.3, -0.25) is 19.2 Å². The topological polar surface area (TPSA) is 188 Å². The number of amides is 3. The molecule has 12 heteroatoms. The number of carboxylic acids is 2. The molecule has 40 heavy (non-hydrogen) atoms. The van der Waals surface area contributed by atoms with Crippen molar-refractivity contribution in [3.63, 3.8) is 0 Å². The van der Waals surface area contributed by atoms with Gasteiger partial charge in [-0.25, -0.2) is 4.79 Å². The molecule has 0 aromatic heterocycles. The van der Waals surface area contributed by atoms with E-state index in [4.69, 9.17) is 10.8 Å². The van der Waals surface area contributed by atoms with Gasteiger partial charge in [0.2, 0.25) is 17.7 Å². The Labute approximate surface area is 237 Å². The number of rotatable bonds is 17. The van der Waals surface area contributed by atoms with Crippen molar-refractivity contribution in [2.45, 2.75) is 56.3 Å². The second-order valence-electron chi connectivity index (χ2n) is 9.22. The largest absolute Gasteiger partial charge is 0.481 e. The fraction of sp³-hybridized carbons (Fsp3) is 0.393. The molecule has 0 radical (unpaired) electrons. The molecule has 4 atom stereocenters. The van der Waals surface area contributed by atoms with E-state index in [0.29, 0.717) is 11.3 Å². The molecule has 11 nitrogen and oxygen atoms in total. The molecule has 2 aromatic rings. The Morgan fingerprint density at radius 3 is 1.70 bits per heavy atom. The highest BCUT2D eigenvalue weighted by molar-refractivity contribution is 7.98. The first-order valence-corrected chi connectivity index (χ1v) is 14.2. The first kappa shape index (κ1) is 32.3. The molecule has 0 aliphatic rings. The Balaban J connectivity index is 2.13. The van der Waals surface area contributed by atoms with E-state index in [1.54, 1.807) is 54.6 Å². The number of hydrogen-bond donors (Lipinski definition) is 6. The molecule has 0 spiro atoms. The maximum atomic E-state index is 13.2. The van der Waals surface area contributed by atoms with E-state index in [1.165, 1.54) is 11.8 Å². The average Bonchev–Trinajstić information content (AvgIpc) is 2.93. The zero-order chi connectivity index (χ0) is 29.5. The Morgan fingerprint density at radius 1 is 0.725 bits per heavy atom. The van der Waals surface area contributed by atoms with E-state index in [0.717, 1.165) is 5.56 Å². The standard InChI is InChI=1S/C28H36N4O7S/c1-40-15-14-22(27(37)32-23(28(38)39)17-19-10-6-3-7-11-19)31-26(36)21(12-13-24(33)34)30-25(35)20(29)16-18-8-4-2-5-9-18/h2-11,20-23H,12-17,29H2,1H3,(H,30,35)(H,31,36)(H,32,37)(H,33,34)(H,38,39). The Hall–Kier alpha value is -3.90. The van der Waals surface area contributed by atoms with Crippen molar-refractivity contribution in [3.8, 4) is 0 Å². The summed E-state index contributed by atoms with van der Waals surface area (Å²) in [5.41, 5.74) is 7.56. The van der Waals surface area contributed by atoms with Gasteiger partial charge in [-0.1, -0.05) is 60.7 Å². The van der Waals surface area contributed by atoms with Gasteiger partial charge in [0, 0.05) is 12.8 Å². The molecule has 0 aliphatic carbocycles. The van der Waals surface area contributed by atoms with Crippen molar-refractivity contribution in [1.82, 2.24) is 16.0 Å². The van der Waals surface area contributed by atoms with Gasteiger partial charge in [0.05, 0.1) is 6.04 Å². The molecule has 0 saturated heterocycles. The molecule has 3 amide bonds. The number of thioether (sulfide) groups is 1. The van der Waals surface area contributed by atoms with Crippen molar-refractivity contribution in [3.05, 3.63) is 71.8 Å². The van der Waals surface area contributed by atoms with E-state index >= 15 is 0 Å². The third-order valence-corrected chi connectivity index (χ3v) is 6.70. The van der Waals surface area contributed by atoms with Crippen molar-refractivity contribution < 1.29 is 34.2 Å². The van der Waals surface area contributed by atoms with Gasteiger partial charge < -0.3 is 31.9 Å². The van der Waals surface area contributed by atoms with Gasteiger partial charge in [0.1, 0.15) is 18.1 Å². The minimum atomic E-state index is -1.27. The first-order chi connectivity index (χ1) is 19.1. The fourth-order valence-electron chi connectivity index (χ4n) is 3.88. The number of hydrogen-bond acceptors (Lipinski definition) is 7. The van der Waals surface area contributed by atoms with Crippen LogP contribution in [-0.4, -0.2) is 76.0 Å². The number of aliphatic carboxylic acids is 2. The van der Waals surface area contributed by atoms with Crippen LogP contribution in [0.3, 0.4) is 0 Å².